The number of benzene rings is 1. The summed E-state index contributed by atoms with van der Waals surface area (Å²) in [6.07, 6.45) is 0. The molecule has 4 heteroatoms. The van der Waals surface area contributed by atoms with E-state index in [0.717, 1.165) is 15.9 Å². The fraction of sp³-hybridized carbons (Fsp3) is 0.333. The summed E-state index contributed by atoms with van der Waals surface area (Å²) in [5.74, 6) is 0.889. The predicted molar refractivity (Wildman–Crippen MR) is 62.5 cm³/mol. The van der Waals surface area contributed by atoms with E-state index in [2.05, 4.69) is 35.6 Å². The van der Waals surface area contributed by atoms with Crippen molar-refractivity contribution in [2.24, 2.45) is 0 Å². The third-order valence-electron chi connectivity index (χ3n) is 1.40. The SMILES string of the molecule is C[Si](C)(C)Oc1ccc(N)c(Br)c1. The Kier molecular flexibility index (Phi) is 3.03. The van der Waals surface area contributed by atoms with E-state index in [1.807, 2.05) is 18.2 Å². The molecule has 0 bridgehead atoms. The van der Waals surface area contributed by atoms with Crippen molar-refractivity contribution in [3.63, 3.8) is 0 Å². The molecule has 0 atom stereocenters. The lowest BCUT2D eigenvalue weighted by atomic mass is 10.3. The largest absolute Gasteiger partial charge is 0.544 e. The minimum absolute atomic E-state index is 0.739. The van der Waals surface area contributed by atoms with Gasteiger partial charge in [-0.3, -0.25) is 0 Å². The van der Waals surface area contributed by atoms with Gasteiger partial charge in [0.1, 0.15) is 5.75 Å². The molecule has 0 unspecified atom stereocenters. The number of halogens is 1. The van der Waals surface area contributed by atoms with E-state index in [-0.39, 0.29) is 0 Å². The highest BCUT2D eigenvalue weighted by atomic mass is 79.9. The molecule has 13 heavy (non-hydrogen) atoms. The van der Waals surface area contributed by atoms with Crippen molar-refractivity contribution < 1.29 is 4.43 Å². The summed E-state index contributed by atoms with van der Waals surface area (Å²) < 4.78 is 6.68. The van der Waals surface area contributed by atoms with Gasteiger partial charge in [0.25, 0.3) is 0 Å². The van der Waals surface area contributed by atoms with Crippen molar-refractivity contribution >= 4 is 29.9 Å². The van der Waals surface area contributed by atoms with E-state index in [1.165, 1.54) is 0 Å². The van der Waals surface area contributed by atoms with Crippen LogP contribution in [-0.2, 0) is 0 Å². The fourth-order valence-corrected chi connectivity index (χ4v) is 2.12. The third-order valence-corrected chi connectivity index (χ3v) is 2.93. The van der Waals surface area contributed by atoms with Gasteiger partial charge < -0.3 is 10.2 Å². The van der Waals surface area contributed by atoms with Crippen LogP contribution in [0.15, 0.2) is 22.7 Å². The Morgan fingerprint density at radius 2 is 1.92 bits per heavy atom. The van der Waals surface area contributed by atoms with Crippen molar-refractivity contribution in [1.82, 2.24) is 0 Å². The molecule has 2 nitrogen and oxygen atoms in total. The van der Waals surface area contributed by atoms with Crippen LogP contribution < -0.4 is 10.2 Å². The Bertz CT molecular complexity index is 309. The van der Waals surface area contributed by atoms with Crippen molar-refractivity contribution in [1.29, 1.82) is 0 Å². The molecule has 0 aliphatic rings. The molecule has 0 spiro atoms. The third kappa shape index (κ3) is 3.40. The monoisotopic (exact) mass is 259 g/mol. The zero-order valence-corrected chi connectivity index (χ0v) is 10.7. The molecule has 0 heterocycles. The maximum absolute atomic E-state index is 5.79. The van der Waals surface area contributed by atoms with Crippen LogP contribution in [0.1, 0.15) is 0 Å². The van der Waals surface area contributed by atoms with Gasteiger partial charge >= 0.3 is 0 Å². The Labute approximate surface area is 88.4 Å². The van der Waals surface area contributed by atoms with E-state index in [0.29, 0.717) is 0 Å². The number of hydrogen-bond acceptors (Lipinski definition) is 2. The molecule has 0 aliphatic heterocycles. The molecule has 0 fully saturated rings. The number of anilines is 1. The molecule has 2 N–H and O–H groups in total. The molecule has 0 saturated heterocycles. The highest BCUT2D eigenvalue weighted by molar-refractivity contribution is 9.10. The number of nitrogens with two attached hydrogens (primary N) is 1. The molecule has 0 amide bonds. The van der Waals surface area contributed by atoms with Gasteiger partial charge in [-0.15, -0.1) is 0 Å². The van der Waals surface area contributed by atoms with Gasteiger partial charge in [-0.05, 0) is 53.8 Å². The Morgan fingerprint density at radius 3 is 2.38 bits per heavy atom. The first-order valence-corrected chi connectivity index (χ1v) is 8.33. The van der Waals surface area contributed by atoms with Crippen LogP contribution in [0.25, 0.3) is 0 Å². The lowest BCUT2D eigenvalue weighted by Gasteiger charge is -2.19. The smallest absolute Gasteiger partial charge is 0.242 e. The molecule has 0 aliphatic carbocycles. The van der Waals surface area contributed by atoms with Crippen LogP contribution in [0.5, 0.6) is 5.75 Å². The number of hydrogen-bond donors (Lipinski definition) is 1. The van der Waals surface area contributed by atoms with Crippen LogP contribution in [0, 0.1) is 0 Å². The summed E-state index contributed by atoms with van der Waals surface area (Å²) in [5, 5.41) is 0. The van der Waals surface area contributed by atoms with Gasteiger partial charge in [0.05, 0.1) is 0 Å². The van der Waals surface area contributed by atoms with E-state index < -0.39 is 8.32 Å². The molecular formula is C9H14BrNOSi. The average Bonchev–Trinajstić information content (AvgIpc) is 1.94. The van der Waals surface area contributed by atoms with Gasteiger partial charge in [0.2, 0.25) is 8.32 Å². The molecule has 1 aromatic carbocycles. The van der Waals surface area contributed by atoms with Crippen LogP contribution in [0.3, 0.4) is 0 Å². The first-order valence-electron chi connectivity index (χ1n) is 4.12. The Hall–Kier alpha value is -0.483. The molecule has 1 rings (SSSR count). The normalized spacial score (nSPS) is 11.4. The first-order chi connectivity index (χ1) is 5.88. The summed E-state index contributed by atoms with van der Waals surface area (Å²) in [5.41, 5.74) is 6.40. The lowest BCUT2D eigenvalue weighted by molar-refractivity contribution is 0.557. The van der Waals surface area contributed by atoms with Gasteiger partial charge in [-0.1, -0.05) is 0 Å². The van der Waals surface area contributed by atoms with Crippen LogP contribution in [-0.4, -0.2) is 8.32 Å². The van der Waals surface area contributed by atoms with Crippen molar-refractivity contribution in [3.05, 3.63) is 22.7 Å². The highest BCUT2D eigenvalue weighted by Gasteiger charge is 2.16. The average molecular weight is 260 g/mol. The molecule has 0 aromatic heterocycles. The van der Waals surface area contributed by atoms with Crippen molar-refractivity contribution in [3.8, 4) is 5.75 Å². The number of rotatable bonds is 2. The molecule has 72 valence electrons. The van der Waals surface area contributed by atoms with Gasteiger partial charge in [-0.25, -0.2) is 0 Å². The Balaban J connectivity index is 2.86. The summed E-state index contributed by atoms with van der Waals surface area (Å²) in [7, 11) is -1.50. The molecular weight excluding hydrogens is 246 g/mol. The van der Waals surface area contributed by atoms with Crippen LogP contribution >= 0.6 is 15.9 Å². The van der Waals surface area contributed by atoms with Crippen LogP contribution in [0.4, 0.5) is 5.69 Å². The van der Waals surface area contributed by atoms with E-state index in [1.54, 1.807) is 0 Å². The van der Waals surface area contributed by atoms with Gasteiger partial charge in [0.15, 0.2) is 0 Å². The summed E-state index contributed by atoms with van der Waals surface area (Å²) >= 11 is 3.36. The summed E-state index contributed by atoms with van der Waals surface area (Å²) in [6.45, 7) is 6.45. The zero-order chi connectivity index (χ0) is 10.1. The quantitative estimate of drug-likeness (QED) is 0.654. The van der Waals surface area contributed by atoms with E-state index in [9.17, 15) is 0 Å². The second-order valence-electron chi connectivity index (χ2n) is 3.90. The minimum Gasteiger partial charge on any atom is -0.544 e. The Morgan fingerprint density at radius 1 is 1.31 bits per heavy atom. The second-order valence-corrected chi connectivity index (χ2v) is 9.18. The minimum atomic E-state index is -1.50. The fourth-order valence-electron chi connectivity index (χ4n) is 0.925. The van der Waals surface area contributed by atoms with Gasteiger partial charge in [-0.2, -0.15) is 0 Å². The van der Waals surface area contributed by atoms with E-state index in [4.69, 9.17) is 10.2 Å². The first kappa shape index (κ1) is 10.6. The van der Waals surface area contributed by atoms with Crippen molar-refractivity contribution in [2.75, 3.05) is 5.73 Å². The van der Waals surface area contributed by atoms with Crippen molar-refractivity contribution in [2.45, 2.75) is 19.6 Å². The van der Waals surface area contributed by atoms with Crippen LogP contribution in [0.2, 0.25) is 19.6 Å². The summed E-state index contributed by atoms with van der Waals surface area (Å²) in [6, 6.07) is 5.66. The topological polar surface area (TPSA) is 35.2 Å². The molecule has 0 saturated carbocycles. The maximum Gasteiger partial charge on any atom is 0.242 e. The standard InChI is InChI=1S/C9H14BrNOSi/c1-13(2,3)12-7-4-5-9(11)8(10)6-7/h4-6H,11H2,1-3H3. The molecule has 0 radical (unpaired) electrons. The maximum atomic E-state index is 5.79. The second kappa shape index (κ2) is 3.72. The van der Waals surface area contributed by atoms with Gasteiger partial charge in [0, 0.05) is 10.2 Å². The van der Waals surface area contributed by atoms with E-state index >= 15 is 0 Å². The molecule has 1 aromatic rings. The lowest BCUT2D eigenvalue weighted by Crippen LogP contribution is -2.29. The highest BCUT2D eigenvalue weighted by Crippen LogP contribution is 2.26. The predicted octanol–water partition coefficient (Wildman–Crippen LogP) is 3.25. The zero-order valence-electron chi connectivity index (χ0n) is 8.10. The number of nitrogen functional groups attached to an aromatic ring is 1. The summed E-state index contributed by atoms with van der Waals surface area (Å²) in [4.78, 5) is 0.